The molecule has 1 atom stereocenters. The monoisotopic (exact) mass is 267 g/mol. The van der Waals surface area contributed by atoms with E-state index in [1.807, 2.05) is 24.3 Å². The molecule has 0 aliphatic carbocycles. The van der Waals surface area contributed by atoms with Crippen molar-refractivity contribution in [3.8, 4) is 11.6 Å². The van der Waals surface area contributed by atoms with E-state index in [-0.39, 0.29) is 5.92 Å². The fraction of sp³-hybridized carbons (Fsp3) is 0.200. The highest BCUT2D eigenvalue weighted by Gasteiger charge is 2.26. The quantitative estimate of drug-likeness (QED) is 0.773. The van der Waals surface area contributed by atoms with Crippen LogP contribution in [-0.2, 0) is 6.54 Å². The highest BCUT2D eigenvalue weighted by Crippen LogP contribution is 2.30. The van der Waals surface area contributed by atoms with Crippen molar-refractivity contribution >= 4 is 0 Å². The van der Waals surface area contributed by atoms with Crippen LogP contribution >= 0.6 is 0 Å². The van der Waals surface area contributed by atoms with Gasteiger partial charge in [0.05, 0.1) is 12.2 Å². The van der Waals surface area contributed by atoms with Gasteiger partial charge in [-0.15, -0.1) is 0 Å². The van der Waals surface area contributed by atoms with Crippen molar-refractivity contribution in [1.82, 2.24) is 15.5 Å². The van der Waals surface area contributed by atoms with Crippen LogP contribution in [0.3, 0.4) is 0 Å². The highest BCUT2D eigenvalue weighted by atomic mass is 16.5. The second kappa shape index (κ2) is 4.61. The zero-order valence-electron chi connectivity index (χ0n) is 10.7. The lowest BCUT2D eigenvalue weighted by molar-refractivity contribution is 0.355. The summed E-state index contributed by atoms with van der Waals surface area (Å²) in [6.07, 6.45) is 1.60. The maximum absolute atomic E-state index is 5.42. The molecule has 0 saturated carbocycles. The summed E-state index contributed by atoms with van der Waals surface area (Å²) in [5.41, 5.74) is 2.53. The number of nitrogens with zero attached hydrogens (tertiary/aromatic N) is 2. The van der Waals surface area contributed by atoms with Crippen LogP contribution < -0.4 is 5.32 Å². The van der Waals surface area contributed by atoms with E-state index in [1.165, 1.54) is 11.1 Å². The zero-order valence-corrected chi connectivity index (χ0v) is 10.7. The van der Waals surface area contributed by atoms with E-state index < -0.39 is 0 Å². The molecule has 0 radical (unpaired) electrons. The second-order valence-corrected chi connectivity index (χ2v) is 4.82. The predicted molar refractivity (Wildman–Crippen MR) is 72.0 cm³/mol. The van der Waals surface area contributed by atoms with Crippen LogP contribution in [0.5, 0.6) is 0 Å². The SMILES string of the molecule is c1coc(-c2noc(C3CNCc4ccccc43)n2)c1. The molecule has 3 heterocycles. The molecule has 100 valence electrons. The predicted octanol–water partition coefficient (Wildman–Crippen LogP) is 2.56. The fourth-order valence-electron chi connectivity index (χ4n) is 2.60. The van der Waals surface area contributed by atoms with Crippen molar-refractivity contribution in [2.75, 3.05) is 6.54 Å². The van der Waals surface area contributed by atoms with E-state index in [4.69, 9.17) is 8.94 Å². The van der Waals surface area contributed by atoms with Gasteiger partial charge in [0.2, 0.25) is 11.7 Å². The molecule has 0 bridgehead atoms. The number of hydrogen-bond donors (Lipinski definition) is 1. The van der Waals surface area contributed by atoms with Crippen molar-refractivity contribution in [3.63, 3.8) is 0 Å². The lowest BCUT2D eigenvalue weighted by atomic mass is 9.91. The minimum Gasteiger partial charge on any atom is -0.461 e. The molecule has 5 nitrogen and oxygen atoms in total. The number of rotatable bonds is 2. The van der Waals surface area contributed by atoms with Crippen molar-refractivity contribution in [2.24, 2.45) is 0 Å². The maximum Gasteiger partial charge on any atom is 0.238 e. The average Bonchev–Trinajstić information content (AvgIpc) is 3.17. The van der Waals surface area contributed by atoms with Gasteiger partial charge in [-0.25, -0.2) is 0 Å². The lowest BCUT2D eigenvalue weighted by Gasteiger charge is -2.23. The Bertz CT molecular complexity index is 718. The topological polar surface area (TPSA) is 64.1 Å². The number of furan rings is 1. The second-order valence-electron chi connectivity index (χ2n) is 4.82. The first-order chi connectivity index (χ1) is 9.92. The highest BCUT2D eigenvalue weighted by molar-refractivity contribution is 5.45. The molecule has 1 aliphatic heterocycles. The molecule has 0 amide bonds. The van der Waals surface area contributed by atoms with E-state index in [9.17, 15) is 0 Å². The Balaban J connectivity index is 1.72. The van der Waals surface area contributed by atoms with Crippen LogP contribution in [0.2, 0.25) is 0 Å². The van der Waals surface area contributed by atoms with Crippen LogP contribution in [0.15, 0.2) is 51.6 Å². The van der Waals surface area contributed by atoms with Crippen LogP contribution in [0.1, 0.15) is 22.9 Å². The molecule has 4 rings (SSSR count). The third-order valence-electron chi connectivity index (χ3n) is 3.58. The molecule has 0 saturated heterocycles. The standard InChI is InChI=1S/C15H13N3O2/c1-2-5-11-10(4-1)8-16-9-12(11)15-17-14(18-20-15)13-6-3-7-19-13/h1-7,12,16H,8-9H2. The summed E-state index contributed by atoms with van der Waals surface area (Å²) in [7, 11) is 0. The third-order valence-corrected chi connectivity index (χ3v) is 3.58. The Morgan fingerprint density at radius 1 is 1.15 bits per heavy atom. The maximum atomic E-state index is 5.42. The number of hydrogen-bond acceptors (Lipinski definition) is 5. The van der Waals surface area contributed by atoms with Crippen LogP contribution in [-0.4, -0.2) is 16.7 Å². The van der Waals surface area contributed by atoms with Crippen molar-refractivity contribution in [1.29, 1.82) is 0 Å². The molecule has 0 fully saturated rings. The van der Waals surface area contributed by atoms with Gasteiger partial charge in [0, 0.05) is 13.1 Å². The number of aromatic nitrogens is 2. The summed E-state index contributed by atoms with van der Waals surface area (Å²) in [6, 6.07) is 12.0. The molecule has 1 aromatic carbocycles. The molecule has 1 N–H and O–H groups in total. The Hall–Kier alpha value is -2.40. The number of nitrogens with one attached hydrogen (secondary N) is 1. The lowest BCUT2D eigenvalue weighted by Crippen LogP contribution is -2.28. The molecule has 20 heavy (non-hydrogen) atoms. The van der Waals surface area contributed by atoms with Gasteiger partial charge >= 0.3 is 0 Å². The Labute approximate surface area is 115 Å². The van der Waals surface area contributed by atoms with Crippen molar-refractivity contribution in [3.05, 3.63) is 59.7 Å². The minimum atomic E-state index is 0.0937. The minimum absolute atomic E-state index is 0.0937. The molecular formula is C15H13N3O2. The Kier molecular flexibility index (Phi) is 2.63. The van der Waals surface area contributed by atoms with Gasteiger partial charge in [0.1, 0.15) is 0 Å². The van der Waals surface area contributed by atoms with Crippen molar-refractivity contribution in [2.45, 2.75) is 12.5 Å². The van der Waals surface area contributed by atoms with Gasteiger partial charge < -0.3 is 14.3 Å². The molecule has 5 heteroatoms. The van der Waals surface area contributed by atoms with Crippen molar-refractivity contribution < 1.29 is 8.94 Å². The first-order valence-electron chi connectivity index (χ1n) is 6.58. The van der Waals surface area contributed by atoms with Gasteiger partial charge in [0.15, 0.2) is 5.76 Å². The summed E-state index contributed by atoms with van der Waals surface area (Å²) in [4.78, 5) is 4.46. The van der Waals surface area contributed by atoms with Gasteiger partial charge in [-0.2, -0.15) is 4.98 Å². The Morgan fingerprint density at radius 3 is 3.00 bits per heavy atom. The largest absolute Gasteiger partial charge is 0.461 e. The Morgan fingerprint density at radius 2 is 2.10 bits per heavy atom. The molecule has 0 spiro atoms. The molecular weight excluding hydrogens is 254 g/mol. The van der Waals surface area contributed by atoms with E-state index in [1.54, 1.807) is 6.26 Å². The van der Waals surface area contributed by atoms with Crippen LogP contribution in [0.4, 0.5) is 0 Å². The van der Waals surface area contributed by atoms with Gasteiger partial charge in [0.25, 0.3) is 0 Å². The summed E-state index contributed by atoms with van der Waals surface area (Å²) in [5.74, 6) is 1.83. The summed E-state index contributed by atoms with van der Waals surface area (Å²) >= 11 is 0. The molecule has 1 unspecified atom stereocenters. The van der Waals surface area contributed by atoms with E-state index in [0.717, 1.165) is 13.1 Å². The molecule has 2 aromatic heterocycles. The number of fused-ring (bicyclic) bond motifs is 1. The summed E-state index contributed by atoms with van der Waals surface area (Å²) < 4.78 is 10.7. The first-order valence-corrected chi connectivity index (χ1v) is 6.58. The van der Waals surface area contributed by atoms with Gasteiger partial charge in [-0.3, -0.25) is 0 Å². The zero-order chi connectivity index (χ0) is 13.4. The smallest absolute Gasteiger partial charge is 0.238 e. The molecule has 3 aromatic rings. The van der Waals surface area contributed by atoms with Crippen LogP contribution in [0.25, 0.3) is 11.6 Å². The van der Waals surface area contributed by atoms with E-state index >= 15 is 0 Å². The van der Waals surface area contributed by atoms with E-state index in [0.29, 0.717) is 17.5 Å². The van der Waals surface area contributed by atoms with E-state index in [2.05, 4.69) is 27.6 Å². The number of benzene rings is 1. The van der Waals surface area contributed by atoms with Gasteiger partial charge in [-0.05, 0) is 23.3 Å². The summed E-state index contributed by atoms with van der Waals surface area (Å²) in [6.45, 7) is 1.68. The summed E-state index contributed by atoms with van der Waals surface area (Å²) in [5, 5.41) is 7.38. The molecule has 1 aliphatic rings. The average molecular weight is 267 g/mol. The third kappa shape index (κ3) is 1.83. The first kappa shape index (κ1) is 11.4. The normalized spacial score (nSPS) is 17.9. The van der Waals surface area contributed by atoms with Gasteiger partial charge in [-0.1, -0.05) is 29.4 Å². The van der Waals surface area contributed by atoms with Crippen LogP contribution in [0, 0.1) is 0 Å². The fourth-order valence-corrected chi connectivity index (χ4v) is 2.60.